The van der Waals surface area contributed by atoms with Crippen LogP contribution in [-0.4, -0.2) is 12.6 Å². The van der Waals surface area contributed by atoms with E-state index in [0.29, 0.717) is 11.7 Å². The third kappa shape index (κ3) is 1.88. The predicted octanol–water partition coefficient (Wildman–Crippen LogP) is 3.18. The SMILES string of the molecule is Nc1ccc(F)cc1N1CCCC2CCCC21. The molecule has 1 saturated heterocycles. The molecular weight excluding hydrogens is 215 g/mol. The van der Waals surface area contributed by atoms with Crippen LogP contribution in [0.15, 0.2) is 18.2 Å². The van der Waals surface area contributed by atoms with Gasteiger partial charge in [0, 0.05) is 12.6 Å². The van der Waals surface area contributed by atoms with Gasteiger partial charge in [-0.15, -0.1) is 0 Å². The van der Waals surface area contributed by atoms with Crippen LogP contribution in [0.4, 0.5) is 15.8 Å². The molecule has 3 heteroatoms. The van der Waals surface area contributed by atoms with E-state index < -0.39 is 0 Å². The Morgan fingerprint density at radius 1 is 1.18 bits per heavy atom. The van der Waals surface area contributed by atoms with Crippen molar-refractivity contribution in [2.45, 2.75) is 38.1 Å². The highest BCUT2D eigenvalue weighted by Crippen LogP contribution is 2.40. The summed E-state index contributed by atoms with van der Waals surface area (Å²) in [6.07, 6.45) is 6.41. The summed E-state index contributed by atoms with van der Waals surface area (Å²) in [6.45, 7) is 1.02. The molecule has 3 rings (SSSR count). The Kier molecular flexibility index (Phi) is 2.69. The Bertz CT molecular complexity index is 419. The zero-order chi connectivity index (χ0) is 11.8. The summed E-state index contributed by atoms with van der Waals surface area (Å²) in [6, 6.07) is 5.31. The molecule has 1 aromatic carbocycles. The van der Waals surface area contributed by atoms with Crippen molar-refractivity contribution in [1.29, 1.82) is 0 Å². The molecule has 2 N–H and O–H groups in total. The lowest BCUT2D eigenvalue weighted by molar-refractivity contribution is 0.362. The maximum absolute atomic E-state index is 13.4. The van der Waals surface area contributed by atoms with Crippen LogP contribution in [0, 0.1) is 11.7 Å². The quantitative estimate of drug-likeness (QED) is 0.756. The summed E-state index contributed by atoms with van der Waals surface area (Å²) >= 11 is 0. The monoisotopic (exact) mass is 234 g/mol. The molecule has 17 heavy (non-hydrogen) atoms. The third-order valence-electron chi connectivity index (χ3n) is 4.30. The summed E-state index contributed by atoms with van der Waals surface area (Å²) in [5.41, 5.74) is 7.61. The van der Waals surface area contributed by atoms with Crippen LogP contribution in [0.25, 0.3) is 0 Å². The minimum atomic E-state index is -0.186. The lowest BCUT2D eigenvalue weighted by Crippen LogP contribution is -2.43. The molecule has 1 aliphatic carbocycles. The van der Waals surface area contributed by atoms with Crippen molar-refractivity contribution in [2.24, 2.45) is 5.92 Å². The molecule has 1 saturated carbocycles. The van der Waals surface area contributed by atoms with Crippen LogP contribution >= 0.6 is 0 Å². The van der Waals surface area contributed by atoms with E-state index >= 15 is 0 Å². The van der Waals surface area contributed by atoms with Crippen molar-refractivity contribution in [1.82, 2.24) is 0 Å². The largest absolute Gasteiger partial charge is 0.397 e. The van der Waals surface area contributed by atoms with Gasteiger partial charge in [0.25, 0.3) is 0 Å². The zero-order valence-corrected chi connectivity index (χ0v) is 10.0. The lowest BCUT2D eigenvalue weighted by Gasteiger charge is -2.40. The summed E-state index contributed by atoms with van der Waals surface area (Å²) in [4.78, 5) is 2.35. The number of halogens is 1. The van der Waals surface area contributed by atoms with E-state index in [1.165, 1.54) is 38.2 Å². The Labute approximate surface area is 102 Å². The number of nitrogens with two attached hydrogens (primary N) is 1. The van der Waals surface area contributed by atoms with Gasteiger partial charge in [0.2, 0.25) is 0 Å². The molecular formula is C14H19FN2. The van der Waals surface area contributed by atoms with Gasteiger partial charge >= 0.3 is 0 Å². The van der Waals surface area contributed by atoms with Crippen molar-refractivity contribution < 1.29 is 4.39 Å². The molecule has 0 spiro atoms. The van der Waals surface area contributed by atoms with Crippen molar-refractivity contribution in [3.8, 4) is 0 Å². The minimum absolute atomic E-state index is 0.186. The summed E-state index contributed by atoms with van der Waals surface area (Å²) in [5.74, 6) is 0.612. The van der Waals surface area contributed by atoms with E-state index in [4.69, 9.17) is 5.73 Å². The van der Waals surface area contributed by atoms with E-state index in [1.807, 2.05) is 0 Å². The first-order valence-corrected chi connectivity index (χ1v) is 6.57. The van der Waals surface area contributed by atoms with Gasteiger partial charge in [-0.2, -0.15) is 0 Å². The predicted molar refractivity (Wildman–Crippen MR) is 68.5 cm³/mol. The summed E-state index contributed by atoms with van der Waals surface area (Å²) < 4.78 is 13.4. The molecule has 0 bridgehead atoms. The Morgan fingerprint density at radius 2 is 2.00 bits per heavy atom. The number of hydrogen-bond acceptors (Lipinski definition) is 2. The highest BCUT2D eigenvalue weighted by atomic mass is 19.1. The van der Waals surface area contributed by atoms with Crippen molar-refractivity contribution in [3.05, 3.63) is 24.0 Å². The first-order valence-electron chi connectivity index (χ1n) is 6.57. The topological polar surface area (TPSA) is 29.3 Å². The smallest absolute Gasteiger partial charge is 0.125 e. The Morgan fingerprint density at radius 3 is 2.88 bits per heavy atom. The molecule has 92 valence electrons. The van der Waals surface area contributed by atoms with Crippen LogP contribution in [0.1, 0.15) is 32.1 Å². The Balaban J connectivity index is 1.94. The number of piperidine rings is 1. The zero-order valence-electron chi connectivity index (χ0n) is 10.0. The number of rotatable bonds is 1. The summed E-state index contributed by atoms with van der Waals surface area (Å²) in [7, 11) is 0. The minimum Gasteiger partial charge on any atom is -0.397 e. The van der Waals surface area contributed by atoms with Gasteiger partial charge in [-0.1, -0.05) is 6.42 Å². The average molecular weight is 234 g/mol. The van der Waals surface area contributed by atoms with Crippen LogP contribution in [0.2, 0.25) is 0 Å². The van der Waals surface area contributed by atoms with Crippen molar-refractivity contribution in [3.63, 3.8) is 0 Å². The van der Waals surface area contributed by atoms with Crippen LogP contribution < -0.4 is 10.6 Å². The molecule has 2 aliphatic rings. The van der Waals surface area contributed by atoms with Gasteiger partial charge in [-0.25, -0.2) is 4.39 Å². The van der Waals surface area contributed by atoms with Gasteiger partial charge in [0.05, 0.1) is 11.4 Å². The number of hydrogen-bond donors (Lipinski definition) is 1. The highest BCUT2D eigenvalue weighted by molar-refractivity contribution is 5.68. The second-order valence-corrected chi connectivity index (χ2v) is 5.30. The molecule has 1 heterocycles. The molecule has 1 aliphatic heterocycles. The molecule has 0 aromatic heterocycles. The molecule has 0 radical (unpaired) electrons. The normalized spacial score (nSPS) is 28.2. The van der Waals surface area contributed by atoms with Crippen LogP contribution in [0.5, 0.6) is 0 Å². The van der Waals surface area contributed by atoms with Gasteiger partial charge in [0.15, 0.2) is 0 Å². The van der Waals surface area contributed by atoms with Crippen molar-refractivity contribution in [2.75, 3.05) is 17.2 Å². The van der Waals surface area contributed by atoms with Gasteiger partial charge < -0.3 is 10.6 Å². The summed E-state index contributed by atoms with van der Waals surface area (Å²) in [5, 5.41) is 0. The third-order valence-corrected chi connectivity index (χ3v) is 4.30. The fourth-order valence-electron chi connectivity index (χ4n) is 3.52. The molecule has 2 nitrogen and oxygen atoms in total. The van der Waals surface area contributed by atoms with Gasteiger partial charge in [-0.3, -0.25) is 0 Å². The number of nitrogen functional groups attached to an aromatic ring is 1. The van der Waals surface area contributed by atoms with E-state index in [1.54, 1.807) is 12.1 Å². The number of anilines is 2. The fraction of sp³-hybridized carbons (Fsp3) is 0.571. The van der Waals surface area contributed by atoms with E-state index in [0.717, 1.165) is 18.2 Å². The average Bonchev–Trinajstić information content (AvgIpc) is 2.80. The number of benzene rings is 1. The van der Waals surface area contributed by atoms with E-state index in [2.05, 4.69) is 4.90 Å². The maximum atomic E-state index is 13.4. The van der Waals surface area contributed by atoms with Gasteiger partial charge in [-0.05, 0) is 49.8 Å². The molecule has 2 fully saturated rings. The lowest BCUT2D eigenvalue weighted by atomic mass is 9.91. The van der Waals surface area contributed by atoms with Crippen LogP contribution in [-0.2, 0) is 0 Å². The molecule has 1 aromatic rings. The van der Waals surface area contributed by atoms with Crippen LogP contribution in [0.3, 0.4) is 0 Å². The second-order valence-electron chi connectivity index (χ2n) is 5.30. The molecule has 2 atom stereocenters. The standard InChI is InChI=1S/C14H19FN2/c15-11-6-7-12(16)14(9-11)17-8-2-4-10-3-1-5-13(10)17/h6-7,9-10,13H,1-5,8,16H2. The number of nitrogens with zero attached hydrogens (tertiary/aromatic N) is 1. The first kappa shape index (κ1) is 10.9. The van der Waals surface area contributed by atoms with Gasteiger partial charge in [0.1, 0.15) is 5.82 Å². The first-order chi connectivity index (χ1) is 8.25. The van der Waals surface area contributed by atoms with Crippen molar-refractivity contribution >= 4 is 11.4 Å². The fourth-order valence-corrected chi connectivity index (χ4v) is 3.52. The Hall–Kier alpha value is -1.25. The second kappa shape index (κ2) is 4.21. The highest BCUT2D eigenvalue weighted by Gasteiger charge is 2.35. The molecule has 2 unspecified atom stereocenters. The molecule has 0 amide bonds. The van der Waals surface area contributed by atoms with E-state index in [9.17, 15) is 4.39 Å². The van der Waals surface area contributed by atoms with E-state index in [-0.39, 0.29) is 5.82 Å². The maximum Gasteiger partial charge on any atom is 0.125 e. The number of fused-ring (bicyclic) bond motifs is 1.